The number of amides is 2. The number of ether oxygens (including phenoxy) is 2. The monoisotopic (exact) mass is 350 g/mol. The van der Waals surface area contributed by atoms with Gasteiger partial charge in [-0.05, 0) is 13.8 Å². The van der Waals surface area contributed by atoms with Gasteiger partial charge in [0.25, 0.3) is 5.91 Å². The molecule has 0 saturated carbocycles. The number of carbonyl (C=O) groups excluding carboxylic acids is 2. The van der Waals surface area contributed by atoms with E-state index >= 15 is 0 Å². The van der Waals surface area contributed by atoms with Crippen molar-refractivity contribution in [3.63, 3.8) is 0 Å². The van der Waals surface area contributed by atoms with Gasteiger partial charge in [-0.2, -0.15) is 0 Å². The number of rotatable bonds is 7. The Bertz CT molecular complexity index is 559. The van der Waals surface area contributed by atoms with Crippen LogP contribution in [0.25, 0.3) is 0 Å². The molecule has 1 saturated heterocycles. The zero-order chi connectivity index (χ0) is 18.2. The fraction of sp³-hybridized carbons (Fsp3) is 0.647. The van der Waals surface area contributed by atoms with Crippen LogP contribution >= 0.6 is 0 Å². The average molecular weight is 350 g/mol. The molecule has 0 radical (unpaired) electrons. The Hall–Kier alpha value is -2.06. The Balaban J connectivity index is 1.95. The molecule has 2 rings (SSSR count). The van der Waals surface area contributed by atoms with Crippen LogP contribution in [0.2, 0.25) is 0 Å². The SMILES string of the molecule is COCCN(CCC(=O)N1CC(C)OC(C)C1)C(=O)c1cnccn1. The zero-order valence-corrected chi connectivity index (χ0v) is 15.1. The molecule has 8 nitrogen and oxygen atoms in total. The molecule has 1 fully saturated rings. The highest BCUT2D eigenvalue weighted by atomic mass is 16.5. The molecule has 0 spiro atoms. The molecule has 0 bridgehead atoms. The summed E-state index contributed by atoms with van der Waals surface area (Å²) in [4.78, 5) is 36.4. The first-order valence-corrected chi connectivity index (χ1v) is 8.48. The lowest BCUT2D eigenvalue weighted by atomic mass is 10.2. The summed E-state index contributed by atoms with van der Waals surface area (Å²) in [6.45, 7) is 6.19. The van der Waals surface area contributed by atoms with Gasteiger partial charge < -0.3 is 19.3 Å². The highest BCUT2D eigenvalue weighted by Gasteiger charge is 2.26. The lowest BCUT2D eigenvalue weighted by Crippen LogP contribution is -2.49. The van der Waals surface area contributed by atoms with Crippen molar-refractivity contribution in [1.82, 2.24) is 19.8 Å². The normalized spacial score (nSPS) is 20.4. The largest absolute Gasteiger partial charge is 0.383 e. The number of hydrogen-bond acceptors (Lipinski definition) is 6. The first kappa shape index (κ1) is 19.3. The van der Waals surface area contributed by atoms with Crippen LogP contribution in [0.15, 0.2) is 18.6 Å². The van der Waals surface area contributed by atoms with Crippen LogP contribution in [-0.2, 0) is 14.3 Å². The molecule has 1 aromatic heterocycles. The van der Waals surface area contributed by atoms with E-state index in [1.807, 2.05) is 13.8 Å². The standard InChI is InChI=1S/C17H26N4O4/c1-13-11-21(12-14(2)25-13)16(22)4-7-20(8-9-24-3)17(23)15-10-18-5-6-19-15/h5-6,10,13-14H,4,7-9,11-12H2,1-3H3. The molecule has 2 heterocycles. The molecule has 2 amide bonds. The summed E-state index contributed by atoms with van der Waals surface area (Å²) in [5.41, 5.74) is 0.264. The number of aromatic nitrogens is 2. The summed E-state index contributed by atoms with van der Waals surface area (Å²) < 4.78 is 10.7. The van der Waals surface area contributed by atoms with E-state index in [0.29, 0.717) is 32.8 Å². The molecule has 8 heteroatoms. The van der Waals surface area contributed by atoms with Crippen LogP contribution in [-0.4, -0.2) is 83.7 Å². The Morgan fingerprint density at radius 2 is 2.00 bits per heavy atom. The van der Waals surface area contributed by atoms with Crippen molar-refractivity contribution in [2.45, 2.75) is 32.5 Å². The summed E-state index contributed by atoms with van der Waals surface area (Å²) in [6.07, 6.45) is 4.73. The van der Waals surface area contributed by atoms with Gasteiger partial charge in [0, 0.05) is 52.1 Å². The van der Waals surface area contributed by atoms with E-state index in [1.165, 1.54) is 18.6 Å². The van der Waals surface area contributed by atoms with E-state index in [2.05, 4.69) is 9.97 Å². The molecule has 0 N–H and O–H groups in total. The second kappa shape index (κ2) is 9.43. The third-order valence-electron chi connectivity index (χ3n) is 4.00. The second-order valence-corrected chi connectivity index (χ2v) is 6.18. The van der Waals surface area contributed by atoms with Gasteiger partial charge in [0.1, 0.15) is 5.69 Å². The van der Waals surface area contributed by atoms with Crippen molar-refractivity contribution >= 4 is 11.8 Å². The second-order valence-electron chi connectivity index (χ2n) is 6.18. The number of hydrogen-bond donors (Lipinski definition) is 0. The molecule has 2 unspecified atom stereocenters. The molecule has 138 valence electrons. The molecule has 0 aliphatic carbocycles. The van der Waals surface area contributed by atoms with Crippen LogP contribution < -0.4 is 0 Å². The van der Waals surface area contributed by atoms with E-state index < -0.39 is 0 Å². The highest BCUT2D eigenvalue weighted by molar-refractivity contribution is 5.92. The van der Waals surface area contributed by atoms with Crippen LogP contribution in [0, 0.1) is 0 Å². The van der Waals surface area contributed by atoms with Crippen molar-refractivity contribution in [3.8, 4) is 0 Å². The third-order valence-corrected chi connectivity index (χ3v) is 4.00. The maximum Gasteiger partial charge on any atom is 0.274 e. The molecule has 1 aromatic rings. The Labute approximate surface area is 148 Å². The number of carbonyl (C=O) groups is 2. The van der Waals surface area contributed by atoms with E-state index in [1.54, 1.807) is 16.9 Å². The summed E-state index contributed by atoms with van der Waals surface area (Å²) in [6, 6.07) is 0. The van der Waals surface area contributed by atoms with Crippen LogP contribution in [0.5, 0.6) is 0 Å². The maximum absolute atomic E-state index is 12.6. The minimum absolute atomic E-state index is 0.0244. The summed E-state index contributed by atoms with van der Waals surface area (Å²) in [5, 5.41) is 0. The lowest BCUT2D eigenvalue weighted by molar-refractivity contribution is -0.143. The molecule has 1 aliphatic heterocycles. The molecule has 0 aromatic carbocycles. The van der Waals surface area contributed by atoms with Crippen molar-refractivity contribution < 1.29 is 19.1 Å². The van der Waals surface area contributed by atoms with Gasteiger partial charge in [-0.3, -0.25) is 14.6 Å². The predicted octanol–water partition coefficient (Wildman–Crippen LogP) is 0.591. The first-order valence-electron chi connectivity index (χ1n) is 8.48. The van der Waals surface area contributed by atoms with Crippen molar-refractivity contribution in [3.05, 3.63) is 24.3 Å². The average Bonchev–Trinajstić information content (AvgIpc) is 2.61. The predicted molar refractivity (Wildman–Crippen MR) is 91.0 cm³/mol. The summed E-state index contributed by atoms with van der Waals surface area (Å²) in [5.74, 6) is -0.224. The molecular weight excluding hydrogens is 324 g/mol. The van der Waals surface area contributed by atoms with Gasteiger partial charge in [0.05, 0.1) is 25.0 Å². The fourth-order valence-corrected chi connectivity index (χ4v) is 2.86. The van der Waals surface area contributed by atoms with Gasteiger partial charge >= 0.3 is 0 Å². The highest BCUT2D eigenvalue weighted by Crippen LogP contribution is 2.12. The summed E-state index contributed by atoms with van der Waals surface area (Å²) in [7, 11) is 1.58. The van der Waals surface area contributed by atoms with Crippen molar-refractivity contribution in [1.29, 1.82) is 0 Å². The zero-order valence-electron chi connectivity index (χ0n) is 15.1. The molecule has 2 atom stereocenters. The Kier molecular flexibility index (Phi) is 7.27. The van der Waals surface area contributed by atoms with Crippen LogP contribution in [0.4, 0.5) is 0 Å². The smallest absolute Gasteiger partial charge is 0.274 e. The van der Waals surface area contributed by atoms with Gasteiger partial charge in [-0.25, -0.2) is 4.98 Å². The minimum Gasteiger partial charge on any atom is -0.383 e. The lowest BCUT2D eigenvalue weighted by Gasteiger charge is -2.35. The van der Waals surface area contributed by atoms with Crippen molar-refractivity contribution in [2.24, 2.45) is 0 Å². The molecule has 25 heavy (non-hydrogen) atoms. The van der Waals surface area contributed by atoms with Gasteiger partial charge in [-0.1, -0.05) is 0 Å². The number of nitrogens with zero attached hydrogens (tertiary/aromatic N) is 4. The molecule has 1 aliphatic rings. The van der Waals surface area contributed by atoms with E-state index in [9.17, 15) is 9.59 Å². The van der Waals surface area contributed by atoms with Gasteiger partial charge in [0.2, 0.25) is 5.91 Å². The quantitative estimate of drug-likeness (QED) is 0.716. The maximum atomic E-state index is 12.6. The van der Waals surface area contributed by atoms with Gasteiger partial charge in [0.15, 0.2) is 0 Å². The van der Waals surface area contributed by atoms with E-state index in [-0.39, 0.29) is 36.1 Å². The third kappa shape index (κ3) is 5.75. The van der Waals surface area contributed by atoms with Crippen LogP contribution in [0.3, 0.4) is 0 Å². The van der Waals surface area contributed by atoms with E-state index in [4.69, 9.17) is 9.47 Å². The Morgan fingerprint density at radius 3 is 2.60 bits per heavy atom. The summed E-state index contributed by atoms with van der Waals surface area (Å²) >= 11 is 0. The minimum atomic E-state index is -0.248. The topological polar surface area (TPSA) is 84.9 Å². The fourth-order valence-electron chi connectivity index (χ4n) is 2.86. The van der Waals surface area contributed by atoms with Crippen molar-refractivity contribution in [2.75, 3.05) is 39.9 Å². The van der Waals surface area contributed by atoms with Crippen LogP contribution in [0.1, 0.15) is 30.8 Å². The number of methoxy groups -OCH3 is 1. The first-order chi connectivity index (χ1) is 12.0. The number of morpholine rings is 1. The Morgan fingerprint density at radius 1 is 1.28 bits per heavy atom. The molecular formula is C17H26N4O4. The van der Waals surface area contributed by atoms with E-state index in [0.717, 1.165) is 0 Å². The van der Waals surface area contributed by atoms with Gasteiger partial charge in [-0.15, -0.1) is 0 Å².